The van der Waals surface area contributed by atoms with Crippen LogP contribution in [0.15, 0.2) is 58.6 Å². The van der Waals surface area contributed by atoms with E-state index in [9.17, 15) is 10.1 Å². The van der Waals surface area contributed by atoms with Gasteiger partial charge in [0.1, 0.15) is 11.6 Å². The van der Waals surface area contributed by atoms with Crippen LogP contribution in [0.5, 0.6) is 0 Å². The molecule has 2 aromatic rings. The zero-order chi connectivity index (χ0) is 15.9. The van der Waals surface area contributed by atoms with Gasteiger partial charge in [0, 0.05) is 10.0 Å². The second-order valence-electron chi connectivity index (χ2n) is 5.00. The molecule has 0 aliphatic carbocycles. The topological polar surface area (TPSA) is 40.9 Å². The minimum Gasteiger partial charge on any atom is -0.288 e. The Labute approximate surface area is 139 Å². The Morgan fingerprint density at radius 3 is 2.55 bits per heavy atom. The summed E-state index contributed by atoms with van der Waals surface area (Å²) < 4.78 is 0.912. The first-order chi connectivity index (χ1) is 10.6. The monoisotopic (exact) mass is 353 g/mol. The van der Waals surface area contributed by atoms with Crippen molar-refractivity contribution in [2.45, 2.75) is 19.8 Å². The predicted molar refractivity (Wildman–Crippen MR) is 92.5 cm³/mol. The van der Waals surface area contributed by atoms with Crippen LogP contribution in [0.4, 0.5) is 0 Å². The van der Waals surface area contributed by atoms with Gasteiger partial charge in [-0.15, -0.1) is 0 Å². The highest BCUT2D eigenvalue weighted by Gasteiger charge is 2.12. The molecule has 110 valence electrons. The van der Waals surface area contributed by atoms with Gasteiger partial charge in [0.25, 0.3) is 0 Å². The summed E-state index contributed by atoms with van der Waals surface area (Å²) in [4.78, 5) is 12.4. The lowest BCUT2D eigenvalue weighted by Crippen LogP contribution is -2.02. The number of carbonyl (C=O) groups excluding carboxylic acids is 1. The first kappa shape index (κ1) is 16.2. The van der Waals surface area contributed by atoms with Gasteiger partial charge in [-0.3, -0.25) is 4.79 Å². The third-order valence-corrected chi connectivity index (χ3v) is 3.77. The summed E-state index contributed by atoms with van der Waals surface area (Å²) in [6.45, 7) is 2.12. The highest BCUT2D eigenvalue weighted by molar-refractivity contribution is 9.10. The number of halogens is 1. The molecular weight excluding hydrogens is 338 g/mol. The molecule has 0 fully saturated rings. The lowest BCUT2D eigenvalue weighted by molar-refractivity contribution is 0.104. The van der Waals surface area contributed by atoms with Crippen molar-refractivity contribution in [3.05, 3.63) is 75.3 Å². The smallest absolute Gasteiger partial charge is 0.203 e. The molecule has 0 N–H and O–H groups in total. The number of carbonyl (C=O) groups is 1. The number of rotatable bonds is 5. The van der Waals surface area contributed by atoms with E-state index in [1.807, 2.05) is 42.5 Å². The number of allylic oxidation sites excluding steroid dienone is 1. The SMILES string of the molecule is CCCc1ccc(C(=O)/C(C#N)=C/c2cccc(Br)c2)cc1. The average molecular weight is 354 g/mol. The van der Waals surface area contributed by atoms with Gasteiger partial charge in [-0.05, 0) is 35.8 Å². The minimum atomic E-state index is -0.245. The molecule has 0 saturated heterocycles. The fraction of sp³-hybridized carbons (Fsp3) is 0.158. The second-order valence-corrected chi connectivity index (χ2v) is 5.92. The number of benzene rings is 2. The maximum absolute atomic E-state index is 12.4. The maximum atomic E-state index is 12.4. The number of nitriles is 1. The fourth-order valence-electron chi connectivity index (χ4n) is 2.18. The van der Waals surface area contributed by atoms with E-state index in [0.29, 0.717) is 5.56 Å². The van der Waals surface area contributed by atoms with E-state index in [0.717, 1.165) is 22.9 Å². The van der Waals surface area contributed by atoms with Crippen LogP contribution in [0.2, 0.25) is 0 Å². The van der Waals surface area contributed by atoms with Crippen molar-refractivity contribution in [1.29, 1.82) is 5.26 Å². The minimum absolute atomic E-state index is 0.140. The van der Waals surface area contributed by atoms with Gasteiger partial charge in [-0.25, -0.2) is 0 Å². The quantitative estimate of drug-likeness (QED) is 0.421. The molecule has 2 rings (SSSR count). The number of aryl methyl sites for hydroxylation is 1. The van der Waals surface area contributed by atoms with E-state index in [1.54, 1.807) is 18.2 Å². The molecule has 0 aliphatic heterocycles. The van der Waals surface area contributed by atoms with Gasteiger partial charge >= 0.3 is 0 Å². The number of ketones is 1. The molecule has 3 heteroatoms. The van der Waals surface area contributed by atoms with Gasteiger partial charge in [0.2, 0.25) is 5.78 Å². The van der Waals surface area contributed by atoms with Crippen molar-refractivity contribution in [2.75, 3.05) is 0 Å². The van der Waals surface area contributed by atoms with Gasteiger partial charge in [-0.1, -0.05) is 65.7 Å². The summed E-state index contributed by atoms with van der Waals surface area (Å²) in [5.74, 6) is -0.245. The van der Waals surface area contributed by atoms with Crippen LogP contribution in [-0.4, -0.2) is 5.78 Å². The summed E-state index contributed by atoms with van der Waals surface area (Å²) in [5, 5.41) is 9.28. The molecule has 0 radical (unpaired) electrons. The van der Waals surface area contributed by atoms with E-state index in [1.165, 1.54) is 5.56 Å². The third-order valence-electron chi connectivity index (χ3n) is 3.28. The van der Waals surface area contributed by atoms with E-state index < -0.39 is 0 Å². The summed E-state index contributed by atoms with van der Waals surface area (Å²) in [5.41, 5.74) is 2.71. The van der Waals surface area contributed by atoms with Crippen molar-refractivity contribution >= 4 is 27.8 Å². The molecule has 0 bridgehead atoms. The molecule has 2 nitrogen and oxygen atoms in total. The number of nitrogens with zero attached hydrogens (tertiary/aromatic N) is 1. The molecule has 0 saturated carbocycles. The van der Waals surface area contributed by atoms with Crippen molar-refractivity contribution in [1.82, 2.24) is 0 Å². The lowest BCUT2D eigenvalue weighted by atomic mass is 10.00. The predicted octanol–water partition coefficient (Wildman–Crippen LogP) is 5.19. The Balaban J connectivity index is 2.27. The number of hydrogen-bond acceptors (Lipinski definition) is 2. The first-order valence-electron chi connectivity index (χ1n) is 7.15. The molecule has 0 atom stereocenters. The Morgan fingerprint density at radius 2 is 1.95 bits per heavy atom. The standard InChI is InChI=1S/C19H16BrNO/c1-2-4-14-7-9-16(10-8-14)19(22)17(13-21)11-15-5-3-6-18(20)12-15/h3,5-12H,2,4H2,1H3/b17-11+. The zero-order valence-electron chi connectivity index (χ0n) is 12.3. The van der Waals surface area contributed by atoms with E-state index in [-0.39, 0.29) is 11.4 Å². The van der Waals surface area contributed by atoms with Crippen LogP contribution in [0.3, 0.4) is 0 Å². The second kappa shape index (κ2) is 7.72. The van der Waals surface area contributed by atoms with Crippen LogP contribution in [0.1, 0.15) is 34.8 Å². The van der Waals surface area contributed by atoms with E-state index in [2.05, 4.69) is 22.9 Å². The van der Waals surface area contributed by atoms with Crippen LogP contribution >= 0.6 is 15.9 Å². The van der Waals surface area contributed by atoms with Crippen LogP contribution in [-0.2, 0) is 6.42 Å². The van der Waals surface area contributed by atoms with Crippen LogP contribution < -0.4 is 0 Å². The Morgan fingerprint density at radius 1 is 1.23 bits per heavy atom. The summed E-state index contributed by atoms with van der Waals surface area (Å²) in [6, 6.07) is 17.0. The number of hydrogen-bond donors (Lipinski definition) is 0. The fourth-order valence-corrected chi connectivity index (χ4v) is 2.60. The molecular formula is C19H16BrNO. The molecule has 0 heterocycles. The molecule has 0 unspecified atom stereocenters. The Bertz CT molecular complexity index is 739. The number of Topliss-reactive ketones (excluding diaryl/α,β-unsaturated/α-hetero) is 1. The maximum Gasteiger partial charge on any atom is 0.203 e. The zero-order valence-corrected chi connectivity index (χ0v) is 13.9. The van der Waals surface area contributed by atoms with Crippen LogP contribution in [0.25, 0.3) is 6.08 Å². The highest BCUT2D eigenvalue weighted by atomic mass is 79.9. The molecule has 0 aromatic heterocycles. The van der Waals surface area contributed by atoms with Gasteiger partial charge < -0.3 is 0 Å². The molecule has 0 amide bonds. The van der Waals surface area contributed by atoms with Gasteiger partial charge in [-0.2, -0.15) is 5.26 Å². The average Bonchev–Trinajstić information content (AvgIpc) is 2.53. The molecule has 0 spiro atoms. The largest absolute Gasteiger partial charge is 0.288 e. The van der Waals surface area contributed by atoms with Gasteiger partial charge in [0.15, 0.2) is 0 Å². The van der Waals surface area contributed by atoms with E-state index >= 15 is 0 Å². The summed E-state index contributed by atoms with van der Waals surface area (Å²) >= 11 is 3.38. The molecule has 22 heavy (non-hydrogen) atoms. The lowest BCUT2D eigenvalue weighted by Gasteiger charge is -2.03. The summed E-state index contributed by atoms with van der Waals surface area (Å²) in [6.07, 6.45) is 3.68. The first-order valence-corrected chi connectivity index (χ1v) is 7.94. The Kier molecular flexibility index (Phi) is 5.68. The van der Waals surface area contributed by atoms with Crippen LogP contribution in [0, 0.1) is 11.3 Å². The molecule has 2 aromatic carbocycles. The Hall–Kier alpha value is -2.18. The third kappa shape index (κ3) is 4.16. The van der Waals surface area contributed by atoms with Gasteiger partial charge in [0.05, 0.1) is 0 Å². The summed E-state index contributed by atoms with van der Waals surface area (Å²) in [7, 11) is 0. The van der Waals surface area contributed by atoms with E-state index in [4.69, 9.17) is 0 Å². The van der Waals surface area contributed by atoms with Crippen molar-refractivity contribution in [3.8, 4) is 6.07 Å². The van der Waals surface area contributed by atoms with Crippen molar-refractivity contribution < 1.29 is 4.79 Å². The van der Waals surface area contributed by atoms with Crippen molar-refractivity contribution in [3.63, 3.8) is 0 Å². The van der Waals surface area contributed by atoms with Crippen molar-refractivity contribution in [2.24, 2.45) is 0 Å². The highest BCUT2D eigenvalue weighted by Crippen LogP contribution is 2.17. The molecule has 0 aliphatic rings. The normalized spacial score (nSPS) is 11.0.